The Morgan fingerprint density at radius 1 is 0.969 bits per heavy atom. The predicted molar refractivity (Wildman–Crippen MR) is 125 cm³/mol. The number of aryl methyl sites for hydroxylation is 2. The number of benzene rings is 2. The third kappa shape index (κ3) is 3.81. The van der Waals surface area contributed by atoms with E-state index in [0.717, 1.165) is 33.6 Å². The summed E-state index contributed by atoms with van der Waals surface area (Å²) < 4.78 is 11.0. The second-order valence-electron chi connectivity index (χ2n) is 9.68. The van der Waals surface area contributed by atoms with Crippen LogP contribution in [0.2, 0.25) is 0 Å². The molecule has 0 saturated carbocycles. The highest BCUT2D eigenvalue weighted by molar-refractivity contribution is 6.08. The average Bonchev–Trinajstić information content (AvgIpc) is 2.73. The van der Waals surface area contributed by atoms with Crippen LogP contribution in [0, 0.1) is 19.3 Å². The molecule has 2 aliphatic rings. The zero-order chi connectivity index (χ0) is 23.2. The van der Waals surface area contributed by atoms with Crippen LogP contribution in [0.3, 0.4) is 0 Å². The molecule has 0 aromatic heterocycles. The number of rotatable bonds is 4. The molecule has 168 valence electrons. The number of amides is 1. The maximum atomic E-state index is 13.7. The van der Waals surface area contributed by atoms with Crippen molar-refractivity contribution in [2.45, 2.75) is 52.9 Å². The van der Waals surface area contributed by atoms with E-state index in [-0.39, 0.29) is 29.4 Å². The lowest BCUT2D eigenvalue weighted by Crippen LogP contribution is -2.44. The molecule has 0 N–H and O–H groups in total. The summed E-state index contributed by atoms with van der Waals surface area (Å²) in [6, 6.07) is 11.7. The summed E-state index contributed by atoms with van der Waals surface area (Å²) in [5.41, 5.74) is 5.19. The number of methoxy groups -OCH3 is 2. The molecule has 0 bridgehead atoms. The Morgan fingerprint density at radius 3 is 2.41 bits per heavy atom. The van der Waals surface area contributed by atoms with Gasteiger partial charge in [0.15, 0.2) is 5.78 Å². The molecule has 1 aliphatic heterocycles. The molecule has 1 atom stereocenters. The van der Waals surface area contributed by atoms with Gasteiger partial charge in [-0.2, -0.15) is 0 Å². The molecule has 0 fully saturated rings. The number of allylic oxidation sites excluding steroid dienone is 2. The average molecular weight is 434 g/mol. The van der Waals surface area contributed by atoms with Gasteiger partial charge in [0.05, 0.1) is 19.9 Å². The summed E-state index contributed by atoms with van der Waals surface area (Å²) >= 11 is 0. The van der Waals surface area contributed by atoms with E-state index in [4.69, 9.17) is 9.47 Å². The molecule has 0 saturated heterocycles. The third-order valence-electron chi connectivity index (χ3n) is 6.56. The van der Waals surface area contributed by atoms with Crippen LogP contribution in [0.1, 0.15) is 55.7 Å². The van der Waals surface area contributed by atoms with Crippen LogP contribution in [0.15, 0.2) is 47.7 Å². The summed E-state index contributed by atoms with van der Waals surface area (Å²) in [6.07, 6.45) is 1.36. The van der Waals surface area contributed by atoms with Crippen molar-refractivity contribution in [3.05, 3.63) is 64.4 Å². The predicted octanol–water partition coefficient (Wildman–Crippen LogP) is 5.48. The van der Waals surface area contributed by atoms with E-state index >= 15 is 0 Å². The van der Waals surface area contributed by atoms with Crippen LogP contribution < -0.4 is 14.4 Å². The second-order valence-corrected chi connectivity index (χ2v) is 9.68. The Bertz CT molecular complexity index is 1130. The van der Waals surface area contributed by atoms with E-state index in [0.29, 0.717) is 24.3 Å². The van der Waals surface area contributed by atoms with Gasteiger partial charge in [-0.3, -0.25) is 14.5 Å². The number of hydrogen-bond donors (Lipinski definition) is 0. The summed E-state index contributed by atoms with van der Waals surface area (Å²) in [5, 5.41) is 0. The highest BCUT2D eigenvalue weighted by Crippen LogP contribution is 2.50. The molecular weight excluding hydrogens is 402 g/mol. The number of anilines is 1. The van der Waals surface area contributed by atoms with Gasteiger partial charge >= 0.3 is 0 Å². The highest BCUT2D eigenvalue weighted by atomic mass is 16.5. The van der Waals surface area contributed by atoms with Crippen molar-refractivity contribution in [3.8, 4) is 11.5 Å². The van der Waals surface area contributed by atoms with Crippen LogP contribution >= 0.6 is 0 Å². The molecule has 32 heavy (non-hydrogen) atoms. The van der Waals surface area contributed by atoms with Crippen LogP contribution in [-0.2, 0) is 9.59 Å². The van der Waals surface area contributed by atoms with E-state index < -0.39 is 0 Å². The maximum absolute atomic E-state index is 13.7. The summed E-state index contributed by atoms with van der Waals surface area (Å²) in [7, 11) is 3.21. The van der Waals surface area contributed by atoms with Crippen LogP contribution in [-0.4, -0.2) is 25.9 Å². The molecule has 1 amide bonds. The van der Waals surface area contributed by atoms with Gasteiger partial charge in [0.2, 0.25) is 5.91 Å². The largest absolute Gasteiger partial charge is 0.497 e. The smallest absolute Gasteiger partial charge is 0.232 e. The van der Waals surface area contributed by atoms with E-state index in [1.54, 1.807) is 14.2 Å². The van der Waals surface area contributed by atoms with E-state index in [1.807, 2.05) is 55.1 Å². The number of hydrogen-bond acceptors (Lipinski definition) is 4. The van der Waals surface area contributed by atoms with Gasteiger partial charge in [0.1, 0.15) is 11.5 Å². The highest BCUT2D eigenvalue weighted by Gasteiger charge is 2.45. The number of ketones is 1. The Hall–Kier alpha value is -3.08. The SMILES string of the molecule is COc1ccc(C2CC(=O)N(c3cc(C)ccc3C)C3=C2C(=O)CC(C)(C)C3)c(OC)c1. The minimum absolute atomic E-state index is 0.00539. The Morgan fingerprint density at radius 2 is 1.72 bits per heavy atom. The fourth-order valence-corrected chi connectivity index (χ4v) is 5.03. The quantitative estimate of drug-likeness (QED) is 0.640. The molecule has 5 heteroatoms. The topological polar surface area (TPSA) is 55.8 Å². The zero-order valence-corrected chi connectivity index (χ0v) is 19.7. The molecule has 1 unspecified atom stereocenters. The monoisotopic (exact) mass is 433 g/mol. The normalized spacial score (nSPS) is 20.3. The lowest BCUT2D eigenvalue weighted by atomic mass is 9.69. The minimum atomic E-state index is -0.330. The third-order valence-corrected chi connectivity index (χ3v) is 6.56. The number of Topliss-reactive ketones (excluding diaryl/α,β-unsaturated/α-hetero) is 1. The first kappa shape index (κ1) is 22.1. The van der Waals surface area contributed by atoms with Crippen molar-refractivity contribution in [2.75, 3.05) is 19.1 Å². The van der Waals surface area contributed by atoms with Crippen molar-refractivity contribution in [1.82, 2.24) is 0 Å². The Kier molecular flexibility index (Phi) is 5.61. The lowest BCUT2D eigenvalue weighted by Gasteiger charge is -2.43. The molecule has 2 aromatic carbocycles. The van der Waals surface area contributed by atoms with E-state index in [2.05, 4.69) is 13.8 Å². The van der Waals surface area contributed by atoms with Crippen LogP contribution in [0.25, 0.3) is 0 Å². The fourth-order valence-electron chi connectivity index (χ4n) is 5.03. The molecule has 1 heterocycles. The van der Waals surface area contributed by atoms with Gasteiger partial charge in [0, 0.05) is 41.7 Å². The first-order chi connectivity index (χ1) is 15.1. The number of ether oxygens (including phenoxy) is 2. The van der Waals surface area contributed by atoms with Gasteiger partial charge < -0.3 is 9.47 Å². The first-order valence-corrected chi connectivity index (χ1v) is 11.0. The summed E-state index contributed by atoms with van der Waals surface area (Å²) in [4.78, 5) is 29.0. The second kappa shape index (κ2) is 8.12. The Balaban J connectivity index is 1.94. The van der Waals surface area contributed by atoms with Crippen molar-refractivity contribution < 1.29 is 19.1 Å². The summed E-state index contributed by atoms with van der Waals surface area (Å²) in [5.74, 6) is 1.10. The van der Waals surface area contributed by atoms with E-state index in [9.17, 15) is 9.59 Å². The standard InChI is InChI=1S/C27H31NO4/c1-16-7-8-17(2)21(11-16)28-22-14-27(3,4)15-23(29)26(22)20(13-25(28)30)19-10-9-18(31-5)12-24(19)32-6/h7-12,20H,13-15H2,1-6H3. The zero-order valence-electron chi connectivity index (χ0n) is 19.7. The Labute approximate surface area is 190 Å². The minimum Gasteiger partial charge on any atom is -0.497 e. The first-order valence-electron chi connectivity index (χ1n) is 11.0. The molecule has 5 nitrogen and oxygen atoms in total. The molecule has 4 rings (SSSR count). The van der Waals surface area contributed by atoms with Crippen LogP contribution in [0.5, 0.6) is 11.5 Å². The number of carbonyl (C=O) groups excluding carboxylic acids is 2. The molecule has 1 aliphatic carbocycles. The van der Waals surface area contributed by atoms with Crippen molar-refractivity contribution in [2.24, 2.45) is 5.41 Å². The van der Waals surface area contributed by atoms with Crippen LogP contribution in [0.4, 0.5) is 5.69 Å². The van der Waals surface area contributed by atoms with Gasteiger partial charge in [-0.05, 0) is 48.9 Å². The lowest BCUT2D eigenvalue weighted by molar-refractivity contribution is -0.121. The van der Waals surface area contributed by atoms with Gasteiger partial charge in [-0.25, -0.2) is 0 Å². The van der Waals surface area contributed by atoms with Gasteiger partial charge in [-0.1, -0.05) is 32.0 Å². The van der Waals surface area contributed by atoms with E-state index in [1.165, 1.54) is 0 Å². The van der Waals surface area contributed by atoms with Gasteiger partial charge in [-0.15, -0.1) is 0 Å². The molecule has 2 aromatic rings. The summed E-state index contributed by atoms with van der Waals surface area (Å²) in [6.45, 7) is 8.22. The number of nitrogens with zero attached hydrogens (tertiary/aromatic N) is 1. The van der Waals surface area contributed by atoms with Crippen molar-refractivity contribution >= 4 is 17.4 Å². The molecular formula is C27H31NO4. The number of carbonyl (C=O) groups is 2. The van der Waals surface area contributed by atoms with Gasteiger partial charge in [0.25, 0.3) is 0 Å². The van der Waals surface area contributed by atoms with Crippen molar-refractivity contribution in [1.29, 1.82) is 0 Å². The van der Waals surface area contributed by atoms with Crippen molar-refractivity contribution in [3.63, 3.8) is 0 Å². The maximum Gasteiger partial charge on any atom is 0.232 e. The molecule has 0 radical (unpaired) electrons. The molecule has 0 spiro atoms. The fraction of sp³-hybridized carbons (Fsp3) is 0.407.